The van der Waals surface area contributed by atoms with Gasteiger partial charge < -0.3 is 65.1 Å². The van der Waals surface area contributed by atoms with Crippen LogP contribution in [0.1, 0.15) is 174 Å². The van der Waals surface area contributed by atoms with E-state index in [1.807, 2.05) is 6.08 Å². The van der Waals surface area contributed by atoms with Gasteiger partial charge in [0.2, 0.25) is 5.91 Å². The molecule has 2 heterocycles. The van der Waals surface area contributed by atoms with Crippen molar-refractivity contribution >= 4 is 5.91 Å². The molecule has 0 aromatic heterocycles. The van der Waals surface area contributed by atoms with Gasteiger partial charge in [-0.05, 0) is 70.6 Å². The van der Waals surface area contributed by atoms with Crippen molar-refractivity contribution in [1.29, 1.82) is 0 Å². The summed E-state index contributed by atoms with van der Waals surface area (Å²) in [6.45, 7) is 2.62. The number of aliphatic hydroxyl groups is 8. The summed E-state index contributed by atoms with van der Waals surface area (Å²) in [5, 5.41) is 86.7. The molecular formula is C55H95NO13. The van der Waals surface area contributed by atoms with Gasteiger partial charge in [0, 0.05) is 6.42 Å². The van der Waals surface area contributed by atoms with Gasteiger partial charge in [-0.2, -0.15) is 0 Å². The predicted octanol–water partition coefficient (Wildman–Crippen LogP) is 7.60. The van der Waals surface area contributed by atoms with Crippen molar-refractivity contribution in [1.82, 2.24) is 5.32 Å². The van der Waals surface area contributed by atoms with E-state index in [0.29, 0.717) is 12.8 Å². The molecule has 2 fully saturated rings. The Morgan fingerprint density at radius 1 is 0.536 bits per heavy atom. The molecule has 2 aliphatic rings. The minimum Gasteiger partial charge on any atom is -0.394 e. The van der Waals surface area contributed by atoms with Gasteiger partial charge in [0.05, 0.1) is 32.0 Å². The molecule has 0 radical (unpaired) electrons. The summed E-state index contributed by atoms with van der Waals surface area (Å²) in [4.78, 5) is 13.2. The van der Waals surface area contributed by atoms with Crippen LogP contribution in [-0.2, 0) is 23.7 Å². The number of allylic oxidation sites excluding steroid dienone is 11. The Morgan fingerprint density at radius 2 is 1.01 bits per heavy atom. The minimum atomic E-state index is -1.79. The zero-order valence-corrected chi connectivity index (χ0v) is 42.3. The Balaban J connectivity index is 1.79. The maximum Gasteiger partial charge on any atom is 0.220 e. The standard InChI is InChI=1S/C55H95NO13/c1-3-5-7-9-11-13-15-17-18-19-20-21-22-23-24-25-26-27-29-31-33-35-37-39-47(60)56-43(44(59)38-36-34-32-30-28-16-14-12-10-8-6-4-2)42-66-54-52(65)50(63)53(46(41-58)68-54)69-55-51(64)49(62)48(61)45(40-57)67-55/h5,7,11,13,17-18,20-21,28,30,36,38,43-46,48-55,57-59,61-65H,3-4,6,8-10,12,14-16,19,22-27,29,31-35,37,39-42H2,1-2H3,(H,56,60)/b7-5-,13-11-,18-17-,21-20-,30-28+,38-36+. The van der Waals surface area contributed by atoms with Crippen LogP contribution in [0.15, 0.2) is 72.9 Å². The fourth-order valence-electron chi connectivity index (χ4n) is 8.30. The molecule has 2 rings (SSSR count). The fourth-order valence-corrected chi connectivity index (χ4v) is 8.30. The highest BCUT2D eigenvalue weighted by Crippen LogP contribution is 2.30. The molecule has 0 aliphatic carbocycles. The van der Waals surface area contributed by atoms with Crippen molar-refractivity contribution in [3.05, 3.63) is 72.9 Å². The number of amides is 1. The van der Waals surface area contributed by atoms with Crippen LogP contribution in [0.3, 0.4) is 0 Å². The van der Waals surface area contributed by atoms with E-state index in [-0.39, 0.29) is 18.9 Å². The van der Waals surface area contributed by atoms with E-state index in [1.165, 1.54) is 77.0 Å². The topological polar surface area (TPSA) is 228 Å². The molecule has 0 bridgehead atoms. The summed E-state index contributed by atoms with van der Waals surface area (Å²) in [7, 11) is 0. The van der Waals surface area contributed by atoms with E-state index >= 15 is 0 Å². The third-order valence-electron chi connectivity index (χ3n) is 12.6. The third kappa shape index (κ3) is 27.7. The van der Waals surface area contributed by atoms with Gasteiger partial charge in [0.25, 0.3) is 0 Å². The van der Waals surface area contributed by atoms with Gasteiger partial charge in [-0.15, -0.1) is 0 Å². The summed E-state index contributed by atoms with van der Waals surface area (Å²) in [6, 6.07) is -0.936. The quantitative estimate of drug-likeness (QED) is 0.0213. The molecule has 0 spiro atoms. The van der Waals surface area contributed by atoms with Crippen LogP contribution >= 0.6 is 0 Å². The lowest BCUT2D eigenvalue weighted by Crippen LogP contribution is -2.65. The average Bonchev–Trinajstić information content (AvgIpc) is 3.35. The van der Waals surface area contributed by atoms with Gasteiger partial charge in [-0.25, -0.2) is 0 Å². The van der Waals surface area contributed by atoms with Crippen LogP contribution in [0.5, 0.6) is 0 Å². The monoisotopic (exact) mass is 978 g/mol. The Hall–Kier alpha value is -2.57. The van der Waals surface area contributed by atoms with Crippen LogP contribution in [0.25, 0.3) is 0 Å². The molecule has 14 heteroatoms. The van der Waals surface area contributed by atoms with Gasteiger partial charge in [-0.3, -0.25) is 4.79 Å². The second-order valence-corrected chi connectivity index (χ2v) is 18.6. The van der Waals surface area contributed by atoms with Crippen LogP contribution in [0, 0.1) is 0 Å². The van der Waals surface area contributed by atoms with Crippen molar-refractivity contribution in [2.75, 3.05) is 19.8 Å². The zero-order valence-electron chi connectivity index (χ0n) is 42.3. The largest absolute Gasteiger partial charge is 0.394 e. The molecule has 0 saturated carbocycles. The summed E-state index contributed by atoms with van der Waals surface area (Å²) < 4.78 is 22.7. The zero-order chi connectivity index (χ0) is 50.3. The van der Waals surface area contributed by atoms with E-state index < -0.39 is 86.8 Å². The van der Waals surface area contributed by atoms with Gasteiger partial charge >= 0.3 is 0 Å². The summed E-state index contributed by atoms with van der Waals surface area (Å²) in [6.07, 6.45) is 35.1. The maximum absolute atomic E-state index is 13.2. The van der Waals surface area contributed by atoms with E-state index in [9.17, 15) is 45.6 Å². The van der Waals surface area contributed by atoms with Crippen LogP contribution in [-0.4, -0.2) is 140 Å². The van der Waals surface area contributed by atoms with Crippen molar-refractivity contribution in [2.45, 2.75) is 248 Å². The Bertz CT molecular complexity index is 1430. The number of aliphatic hydroxyl groups excluding tert-OH is 8. The number of nitrogens with one attached hydrogen (secondary N) is 1. The average molecular weight is 978 g/mol. The molecule has 12 unspecified atom stereocenters. The first-order chi connectivity index (χ1) is 33.6. The molecule has 12 atom stereocenters. The van der Waals surface area contributed by atoms with Gasteiger partial charge in [-0.1, -0.05) is 170 Å². The van der Waals surface area contributed by atoms with Crippen LogP contribution in [0.2, 0.25) is 0 Å². The second kappa shape index (κ2) is 41.0. The maximum atomic E-state index is 13.2. The van der Waals surface area contributed by atoms with Crippen LogP contribution < -0.4 is 5.32 Å². The van der Waals surface area contributed by atoms with Crippen molar-refractivity contribution in [2.24, 2.45) is 0 Å². The molecule has 2 aliphatic heterocycles. The number of hydrogen-bond acceptors (Lipinski definition) is 13. The number of ether oxygens (including phenoxy) is 4. The Labute approximate surface area is 415 Å². The highest BCUT2D eigenvalue weighted by molar-refractivity contribution is 5.76. The van der Waals surface area contributed by atoms with Crippen molar-refractivity contribution in [3.63, 3.8) is 0 Å². The fraction of sp³-hybridized carbons (Fsp3) is 0.764. The van der Waals surface area contributed by atoms with E-state index in [4.69, 9.17) is 18.9 Å². The molecule has 398 valence electrons. The summed E-state index contributed by atoms with van der Waals surface area (Å²) >= 11 is 0. The lowest BCUT2D eigenvalue weighted by Gasteiger charge is -2.46. The molecule has 2 saturated heterocycles. The number of carbonyl (C=O) groups is 1. The van der Waals surface area contributed by atoms with Crippen molar-refractivity contribution in [3.8, 4) is 0 Å². The first-order valence-electron chi connectivity index (χ1n) is 26.7. The van der Waals surface area contributed by atoms with E-state index in [0.717, 1.165) is 64.2 Å². The van der Waals surface area contributed by atoms with Gasteiger partial charge in [0.1, 0.15) is 48.8 Å². The van der Waals surface area contributed by atoms with Crippen molar-refractivity contribution < 1.29 is 64.6 Å². The Kier molecular flexibility index (Phi) is 37.1. The molecule has 69 heavy (non-hydrogen) atoms. The molecule has 0 aromatic carbocycles. The summed E-state index contributed by atoms with van der Waals surface area (Å²) in [5.74, 6) is -0.259. The summed E-state index contributed by atoms with van der Waals surface area (Å²) in [5.41, 5.74) is 0. The minimum absolute atomic E-state index is 0.259. The van der Waals surface area contributed by atoms with E-state index in [1.54, 1.807) is 6.08 Å². The highest BCUT2D eigenvalue weighted by atomic mass is 16.7. The van der Waals surface area contributed by atoms with Gasteiger partial charge in [0.15, 0.2) is 12.6 Å². The number of hydrogen-bond donors (Lipinski definition) is 9. The molecule has 14 nitrogen and oxygen atoms in total. The third-order valence-corrected chi connectivity index (χ3v) is 12.6. The second-order valence-electron chi connectivity index (χ2n) is 18.6. The molecular weight excluding hydrogens is 883 g/mol. The number of carbonyl (C=O) groups excluding carboxylic acids is 1. The Morgan fingerprint density at radius 3 is 1.59 bits per heavy atom. The smallest absolute Gasteiger partial charge is 0.220 e. The first-order valence-corrected chi connectivity index (χ1v) is 26.7. The molecule has 9 N–H and O–H groups in total. The highest BCUT2D eigenvalue weighted by Gasteiger charge is 2.51. The predicted molar refractivity (Wildman–Crippen MR) is 272 cm³/mol. The molecule has 1 amide bonds. The lowest BCUT2D eigenvalue weighted by atomic mass is 9.97. The first kappa shape index (κ1) is 62.5. The number of rotatable bonds is 40. The SMILES string of the molecule is CC/C=C\C/C=C\C/C=C\C/C=C\CCCCCCCCCCCCC(=O)NC(COC1OC(CO)C(OC2OC(CO)C(O)C(O)C2O)C(O)C1O)C(O)/C=C/CC/C=C/CCCCCCCC. The lowest BCUT2D eigenvalue weighted by molar-refractivity contribution is -0.359. The van der Waals surface area contributed by atoms with Crippen LogP contribution in [0.4, 0.5) is 0 Å². The normalized spacial score (nSPS) is 26.8. The van der Waals surface area contributed by atoms with E-state index in [2.05, 4.69) is 79.9 Å². The molecule has 0 aromatic rings. The number of unbranched alkanes of at least 4 members (excludes halogenated alkanes) is 17.